The number of carbonyl (C=O) groups excluding carboxylic acids is 1. The Bertz CT molecular complexity index is 5020. The number of rotatable bonds is 1. The van der Waals surface area contributed by atoms with Crippen molar-refractivity contribution in [1.82, 2.24) is 74.3 Å². The van der Waals surface area contributed by atoms with Crippen LogP contribution in [0.4, 0.5) is 5.82 Å². The Morgan fingerprint density at radius 1 is 0.557 bits per heavy atom. The van der Waals surface area contributed by atoms with Crippen molar-refractivity contribution in [2.45, 2.75) is 216 Å². The fourth-order valence-electron chi connectivity index (χ4n) is 10.9. The van der Waals surface area contributed by atoms with Gasteiger partial charge in [0.05, 0.1) is 33.3 Å². The van der Waals surface area contributed by atoms with Crippen LogP contribution >= 0.6 is 11.3 Å². The first kappa shape index (κ1) is 87.1. The number of nitrogens with zero attached hydrogens (tertiary/aromatic N) is 11. The van der Waals surface area contributed by atoms with Gasteiger partial charge in [-0.15, -0.1) is 16.7 Å². The molecule has 1 radical (unpaired) electrons. The van der Waals surface area contributed by atoms with Crippen LogP contribution in [0.3, 0.4) is 0 Å². The molecule has 6 N–H and O–H groups in total. The number of imidazole rings is 2. The average molecular weight is 1490 g/mol. The molecule has 0 unspecified atom stereocenters. The van der Waals surface area contributed by atoms with E-state index >= 15 is 0 Å². The second-order valence-corrected chi connectivity index (χ2v) is 35.0. The fraction of sp³-hybridized carbons (Fsp3) is 0.412. The number of nitrogen functional groups attached to an aromatic ring is 1. The molecule has 12 aromatic heterocycles. The van der Waals surface area contributed by atoms with Crippen molar-refractivity contribution < 1.29 is 23.4 Å². The van der Waals surface area contributed by atoms with Gasteiger partial charge in [-0.3, -0.25) is 34.5 Å². The molecule has 0 saturated heterocycles. The maximum absolute atomic E-state index is 12.0. The van der Waals surface area contributed by atoms with Gasteiger partial charge >= 0.3 is 5.69 Å². The summed E-state index contributed by atoms with van der Waals surface area (Å²) in [5.41, 5.74) is 22.2. The minimum Gasteiger partial charge on any atom is -0.382 e. The van der Waals surface area contributed by atoms with Crippen molar-refractivity contribution in [3.63, 3.8) is 0 Å². The molecule has 0 bridgehead atoms. The normalized spacial score (nSPS) is 11.8. The molecule has 13 aromatic rings. The zero-order valence-electron chi connectivity index (χ0n) is 67.6. The summed E-state index contributed by atoms with van der Waals surface area (Å²) in [5, 5.41) is 11.9. The largest absolute Gasteiger partial charge is 0.382 e. The molecule has 12 heterocycles. The Kier molecular flexibility index (Phi) is 29.4. The van der Waals surface area contributed by atoms with Crippen molar-refractivity contribution in [3.8, 4) is 0 Å². The standard InChI is InChI=1S/C14H17NO.C11H16N2O.C11H13N2.C10H13N3O.C10H13N3S.C10H13N3.C10H15N.C9H13N.V/c1-14(2,3)11-6-5-10-7-8-15(4)13(16)12(10)9-11;1-11(2,3)8-5-6-13-9(7-8)10(14)12-4;1-11(2,3)9-7-13-10-8(9)5-4-6-12-10;1-10(2,3)6-4-5-11-8-7(6)12-9(14)13-8;1-10(2,3)6-4-14-8-7(6)12-5-13-9(8)11;1-10(2,3)8-7-11-9-5-4-6-12-13(8)9;1-8-9(10(2,3)4)6-5-7-11-8;1-9(2,3)8-5-4-6-10-7-8;/h5-9H,1-4H3;5-7H,1-4H3,(H,12,14);5-7H,1-3H3,(H,12,13);4-5H,1-3H3,(H2,11,12,13,14);4-5H,1-3H3,(H2,11,12,13);4-7H,1-3H3;5-7H,1-4H3;4-7H,1-3H3;/q;;-1;;;;;;. The van der Waals surface area contributed by atoms with E-state index in [1.165, 1.54) is 39.5 Å². The summed E-state index contributed by atoms with van der Waals surface area (Å²) in [6.45, 7) is 53.9. The topological polar surface area (TPSA) is 262 Å². The van der Waals surface area contributed by atoms with E-state index in [1.54, 1.807) is 67.2 Å². The van der Waals surface area contributed by atoms with Crippen molar-refractivity contribution in [2.24, 2.45) is 7.05 Å². The Hall–Kier alpha value is -9.50. The molecule has 13 rings (SSSR count). The van der Waals surface area contributed by atoms with Crippen LogP contribution in [-0.4, -0.2) is 82.0 Å². The van der Waals surface area contributed by atoms with Crippen molar-refractivity contribution in [2.75, 3.05) is 12.8 Å². The minimum absolute atomic E-state index is 0. The molecule has 0 aliphatic heterocycles. The van der Waals surface area contributed by atoms with E-state index in [1.807, 2.05) is 96.0 Å². The van der Waals surface area contributed by atoms with E-state index in [4.69, 9.17) is 5.73 Å². The Balaban J connectivity index is 0.000000218. The molecule has 21 heteroatoms. The second-order valence-electron chi connectivity index (χ2n) is 34.1. The molecule has 1 aromatic carbocycles. The molecule has 0 fully saturated rings. The van der Waals surface area contributed by atoms with E-state index in [9.17, 15) is 14.4 Å². The average Bonchev–Trinajstić information content (AvgIpc) is 1.33. The number of pyridine rings is 6. The number of amides is 1. The molecule has 19 nitrogen and oxygen atoms in total. The number of aromatic amines is 3. The van der Waals surface area contributed by atoms with E-state index in [0.717, 1.165) is 60.3 Å². The number of nitrogens with two attached hydrogens (primary N) is 1. The number of hydrogen-bond acceptors (Lipinski definition) is 14. The minimum atomic E-state index is -0.204. The van der Waals surface area contributed by atoms with Gasteiger partial charge in [-0.2, -0.15) is 5.10 Å². The summed E-state index contributed by atoms with van der Waals surface area (Å²) in [6, 6.07) is 30.9. The molecule has 0 spiro atoms. The van der Waals surface area contributed by atoms with Crippen molar-refractivity contribution >= 4 is 71.9 Å². The summed E-state index contributed by atoms with van der Waals surface area (Å²) in [6.07, 6.45) is 19.7. The third-order valence-corrected chi connectivity index (χ3v) is 18.0. The first-order chi connectivity index (χ1) is 48.6. The number of carbonyl (C=O) groups is 1. The van der Waals surface area contributed by atoms with E-state index in [-0.39, 0.29) is 79.0 Å². The van der Waals surface area contributed by atoms with Crippen LogP contribution in [0.5, 0.6) is 0 Å². The van der Waals surface area contributed by atoms with Gasteiger partial charge in [0.2, 0.25) is 0 Å². The SMILES string of the molecule is CC(C)(C)c1c[nH]c2nc[c-]cc12.CC(C)(C)c1cccnc1.CC(C)(C)c1ccnc2[nH]c(=O)[nH]c12.CC(C)(C)c1cnc2cccnn12.CC(C)(C)c1csc2c(N)ncnc12.CNC(=O)c1cc(C(C)(C)C)ccn1.Cc1ncccc1C(C)(C)C.Cn1ccc2ccc(C(C)(C)C)cc2c1=O.[V]. The molecule has 0 atom stereocenters. The van der Waals surface area contributed by atoms with Crippen LogP contribution in [0.1, 0.15) is 227 Å². The van der Waals surface area contributed by atoms with E-state index in [2.05, 4.69) is 268 Å². The molecule has 563 valence electrons. The number of fused-ring (bicyclic) bond motifs is 5. The Labute approximate surface area is 643 Å². The van der Waals surface area contributed by atoms with Crippen LogP contribution in [-0.2, 0) is 68.9 Å². The monoisotopic (exact) mass is 1490 g/mol. The molecular formula is C85H113N16O3SV-. The van der Waals surface area contributed by atoms with Gasteiger partial charge in [0.25, 0.3) is 11.5 Å². The predicted molar refractivity (Wildman–Crippen MR) is 436 cm³/mol. The summed E-state index contributed by atoms with van der Waals surface area (Å²) in [4.78, 5) is 76.1. The summed E-state index contributed by atoms with van der Waals surface area (Å²) in [7, 11) is 3.39. The Morgan fingerprint density at radius 2 is 1.17 bits per heavy atom. The maximum Gasteiger partial charge on any atom is 0.325 e. The van der Waals surface area contributed by atoms with Crippen LogP contribution < -0.4 is 22.3 Å². The molecule has 106 heavy (non-hydrogen) atoms. The van der Waals surface area contributed by atoms with Gasteiger partial charge in [-0.05, 0) is 150 Å². The first-order valence-corrected chi connectivity index (χ1v) is 36.3. The number of aromatic nitrogens is 14. The van der Waals surface area contributed by atoms with Crippen LogP contribution in [0.15, 0.2) is 168 Å². The van der Waals surface area contributed by atoms with Crippen molar-refractivity contribution in [3.05, 3.63) is 242 Å². The molecule has 0 aliphatic rings. The van der Waals surface area contributed by atoms with Crippen LogP contribution in [0.2, 0.25) is 0 Å². The summed E-state index contributed by atoms with van der Waals surface area (Å²) < 4.78 is 4.51. The van der Waals surface area contributed by atoms with Crippen molar-refractivity contribution in [1.29, 1.82) is 0 Å². The molecular weight excluding hydrogens is 1380 g/mol. The number of thiophene rings is 1. The van der Waals surface area contributed by atoms with Crippen LogP contribution in [0.25, 0.3) is 48.8 Å². The molecule has 0 aliphatic carbocycles. The fourth-order valence-corrected chi connectivity index (χ4v) is 12.0. The zero-order valence-corrected chi connectivity index (χ0v) is 69.8. The number of nitrogens with one attached hydrogen (secondary N) is 4. The van der Waals surface area contributed by atoms with Crippen LogP contribution in [0, 0.1) is 13.0 Å². The van der Waals surface area contributed by atoms with E-state index < -0.39 is 0 Å². The molecule has 0 saturated carbocycles. The first-order valence-electron chi connectivity index (χ1n) is 35.4. The molecule has 1 amide bonds. The summed E-state index contributed by atoms with van der Waals surface area (Å²) >= 11 is 1.62. The van der Waals surface area contributed by atoms with Gasteiger partial charge in [0, 0.05) is 92.5 Å². The van der Waals surface area contributed by atoms with Gasteiger partial charge in [-0.1, -0.05) is 202 Å². The summed E-state index contributed by atoms with van der Waals surface area (Å²) in [5.74, 6) is 0.437. The van der Waals surface area contributed by atoms with Gasteiger partial charge in [0.1, 0.15) is 17.8 Å². The quantitative estimate of drug-likeness (QED) is 0.0959. The number of anilines is 1. The van der Waals surface area contributed by atoms with E-state index in [0.29, 0.717) is 17.2 Å². The van der Waals surface area contributed by atoms with Gasteiger partial charge < -0.3 is 25.6 Å². The van der Waals surface area contributed by atoms with Gasteiger partial charge in [0.15, 0.2) is 11.3 Å². The number of benzene rings is 1. The predicted octanol–water partition coefficient (Wildman–Crippen LogP) is 18.4. The third kappa shape index (κ3) is 24.3. The van der Waals surface area contributed by atoms with Gasteiger partial charge in [-0.25, -0.2) is 41.4 Å². The third-order valence-electron chi connectivity index (χ3n) is 17.0. The second kappa shape index (κ2) is 35.7. The number of H-pyrrole nitrogens is 3. The number of hydrogen-bond donors (Lipinski definition) is 5. The maximum atomic E-state index is 12.0. The Morgan fingerprint density at radius 3 is 1.74 bits per heavy atom. The number of aryl methyl sites for hydroxylation is 2. The zero-order chi connectivity index (χ0) is 78.4. The smallest absolute Gasteiger partial charge is 0.325 e.